The van der Waals surface area contributed by atoms with Crippen LogP contribution in [0.4, 0.5) is 11.4 Å². The molecule has 0 aromatic heterocycles. The molecule has 3 rings (SSSR count). The lowest BCUT2D eigenvalue weighted by molar-refractivity contribution is -0.222. The molecule has 1 fully saturated rings. The number of esters is 2. The molecular formula is C34H49N3O4. The fraction of sp³-hybridized carbons (Fsp3) is 0.529. The van der Waals surface area contributed by atoms with Gasteiger partial charge in [0.1, 0.15) is 5.82 Å². The average Bonchev–Trinajstić information content (AvgIpc) is 2.87. The highest BCUT2D eigenvalue weighted by atomic mass is 16.7. The molecule has 1 aliphatic rings. The minimum atomic E-state index is -1.33. The number of carbonyl (C=O) groups is 2. The Morgan fingerprint density at radius 3 is 2.10 bits per heavy atom. The van der Waals surface area contributed by atoms with E-state index in [4.69, 9.17) is 9.47 Å². The van der Waals surface area contributed by atoms with Crippen molar-refractivity contribution in [3.63, 3.8) is 0 Å². The molecule has 2 aromatic carbocycles. The molecule has 1 unspecified atom stereocenters. The number of nitrogens with one attached hydrogen (secondary N) is 1. The first-order valence-electron chi connectivity index (χ1n) is 14.9. The summed E-state index contributed by atoms with van der Waals surface area (Å²) in [6.07, 6.45) is 5.19. The van der Waals surface area contributed by atoms with Gasteiger partial charge in [-0.15, -0.1) is 0 Å². The van der Waals surface area contributed by atoms with E-state index in [0.717, 1.165) is 54.6 Å². The van der Waals surface area contributed by atoms with Crippen LogP contribution in [0.25, 0.3) is 0 Å². The van der Waals surface area contributed by atoms with Crippen molar-refractivity contribution >= 4 is 23.3 Å². The molecule has 0 bridgehead atoms. The van der Waals surface area contributed by atoms with Crippen molar-refractivity contribution in [3.05, 3.63) is 70.5 Å². The molecule has 0 radical (unpaired) electrons. The lowest BCUT2D eigenvalue weighted by atomic mass is 10.0. The van der Waals surface area contributed by atoms with Gasteiger partial charge in [0.05, 0.1) is 0 Å². The van der Waals surface area contributed by atoms with Crippen LogP contribution in [0.2, 0.25) is 0 Å². The summed E-state index contributed by atoms with van der Waals surface area (Å²) in [7, 11) is 3.99. The SMILES string of the molecule is CCCCCC(C)N(Cc1ccc(CC(C)C)cc1)C(Nc1cccc(N(C)C)c1C)=C1C(=O)OC(C)(C)OC1=O. The summed E-state index contributed by atoms with van der Waals surface area (Å²) in [6.45, 7) is 14.5. The van der Waals surface area contributed by atoms with Gasteiger partial charge in [-0.1, -0.05) is 70.4 Å². The average molecular weight is 564 g/mol. The molecule has 0 saturated carbocycles. The fourth-order valence-corrected chi connectivity index (χ4v) is 5.24. The Hall–Kier alpha value is -3.48. The van der Waals surface area contributed by atoms with Crippen LogP contribution in [0.15, 0.2) is 53.9 Å². The van der Waals surface area contributed by atoms with Crippen LogP contribution in [0.3, 0.4) is 0 Å². The molecular weight excluding hydrogens is 514 g/mol. The molecule has 0 spiro atoms. The number of nitrogens with zero attached hydrogens (tertiary/aromatic N) is 2. The molecule has 7 nitrogen and oxygen atoms in total. The Kier molecular flexibility index (Phi) is 10.9. The molecule has 2 aromatic rings. The first kappa shape index (κ1) is 32.0. The van der Waals surface area contributed by atoms with Crippen molar-refractivity contribution in [2.75, 3.05) is 24.3 Å². The molecule has 1 aliphatic heterocycles. The predicted octanol–water partition coefficient (Wildman–Crippen LogP) is 7.19. The first-order valence-corrected chi connectivity index (χ1v) is 14.9. The summed E-state index contributed by atoms with van der Waals surface area (Å²) < 4.78 is 11.2. The quantitative estimate of drug-likeness (QED) is 0.120. The van der Waals surface area contributed by atoms with Gasteiger partial charge in [0.2, 0.25) is 0 Å². The van der Waals surface area contributed by atoms with Crippen LogP contribution in [0.1, 0.15) is 83.9 Å². The van der Waals surface area contributed by atoms with Crippen LogP contribution < -0.4 is 10.2 Å². The van der Waals surface area contributed by atoms with Crippen LogP contribution >= 0.6 is 0 Å². The predicted molar refractivity (Wildman–Crippen MR) is 167 cm³/mol. The van der Waals surface area contributed by atoms with Crippen LogP contribution in [-0.2, 0) is 32.0 Å². The molecule has 1 saturated heterocycles. The third kappa shape index (κ3) is 8.51. The van der Waals surface area contributed by atoms with Gasteiger partial charge < -0.3 is 24.6 Å². The van der Waals surface area contributed by atoms with Gasteiger partial charge in [0, 0.05) is 51.9 Å². The van der Waals surface area contributed by atoms with Gasteiger partial charge >= 0.3 is 11.9 Å². The maximum absolute atomic E-state index is 13.4. The topological polar surface area (TPSA) is 71.1 Å². The zero-order valence-corrected chi connectivity index (χ0v) is 26.5. The van der Waals surface area contributed by atoms with Crippen molar-refractivity contribution in [1.82, 2.24) is 4.90 Å². The molecule has 1 atom stereocenters. The van der Waals surface area contributed by atoms with E-state index >= 15 is 0 Å². The summed E-state index contributed by atoms with van der Waals surface area (Å²) in [5.41, 5.74) is 5.12. The van der Waals surface area contributed by atoms with Crippen molar-refractivity contribution in [3.8, 4) is 0 Å². The molecule has 7 heteroatoms. The number of unbranched alkanes of at least 4 members (excludes halogenated alkanes) is 2. The normalized spacial score (nSPS) is 15.3. The van der Waals surface area contributed by atoms with Crippen molar-refractivity contribution in [2.24, 2.45) is 5.92 Å². The number of carbonyl (C=O) groups excluding carboxylic acids is 2. The standard InChI is InChI=1S/C34H49N3O4/c1-10-11-12-14-24(4)37(22-27-19-17-26(18-20-27)21-23(2)3)31(30-32(38)40-34(6,7)41-33(30)39)35-28-15-13-16-29(25(28)5)36(8)9/h13,15-20,23-24,35H,10-12,14,21-22H2,1-9H3. The van der Waals surface area contributed by atoms with E-state index in [1.54, 1.807) is 13.8 Å². The Labute approximate surface area is 246 Å². The maximum Gasteiger partial charge on any atom is 0.352 e. The minimum Gasteiger partial charge on any atom is -0.419 e. The van der Waals surface area contributed by atoms with E-state index in [2.05, 4.69) is 62.2 Å². The number of rotatable bonds is 13. The number of benzene rings is 2. The number of anilines is 2. The van der Waals surface area contributed by atoms with Crippen LogP contribution in [0, 0.1) is 12.8 Å². The van der Waals surface area contributed by atoms with E-state index in [9.17, 15) is 9.59 Å². The summed E-state index contributed by atoms with van der Waals surface area (Å²) in [5, 5.41) is 3.51. The third-order valence-corrected chi connectivity index (χ3v) is 7.43. The van der Waals surface area contributed by atoms with E-state index in [-0.39, 0.29) is 11.6 Å². The number of cyclic esters (lactones) is 2. The Morgan fingerprint density at radius 2 is 1.54 bits per heavy atom. The molecule has 0 aliphatic carbocycles. The van der Waals surface area contributed by atoms with Gasteiger partial charge in [-0.25, -0.2) is 9.59 Å². The molecule has 41 heavy (non-hydrogen) atoms. The zero-order chi connectivity index (χ0) is 30.3. The highest BCUT2D eigenvalue weighted by Gasteiger charge is 2.42. The van der Waals surface area contributed by atoms with Gasteiger partial charge in [0.25, 0.3) is 5.79 Å². The van der Waals surface area contributed by atoms with E-state index in [1.807, 2.05) is 44.1 Å². The Morgan fingerprint density at radius 1 is 0.927 bits per heavy atom. The smallest absolute Gasteiger partial charge is 0.352 e. The van der Waals surface area contributed by atoms with Crippen molar-refractivity contribution in [1.29, 1.82) is 0 Å². The van der Waals surface area contributed by atoms with Gasteiger partial charge in [0.15, 0.2) is 5.57 Å². The van der Waals surface area contributed by atoms with Crippen molar-refractivity contribution in [2.45, 2.75) is 98.9 Å². The maximum atomic E-state index is 13.4. The Bertz CT molecular complexity index is 1210. The lowest BCUT2D eigenvalue weighted by Gasteiger charge is -2.37. The highest BCUT2D eigenvalue weighted by molar-refractivity contribution is 6.16. The second-order valence-corrected chi connectivity index (χ2v) is 12.3. The van der Waals surface area contributed by atoms with Gasteiger partial charge in [-0.05, 0) is 61.4 Å². The number of hydrogen-bond donors (Lipinski definition) is 1. The first-order chi connectivity index (χ1) is 19.3. The second kappa shape index (κ2) is 13.9. The second-order valence-electron chi connectivity index (χ2n) is 12.3. The summed E-state index contributed by atoms with van der Waals surface area (Å²) in [4.78, 5) is 31.1. The van der Waals surface area contributed by atoms with Gasteiger partial charge in [-0.2, -0.15) is 0 Å². The molecule has 224 valence electrons. The largest absolute Gasteiger partial charge is 0.419 e. The minimum absolute atomic E-state index is 0.0276. The summed E-state index contributed by atoms with van der Waals surface area (Å²) in [6, 6.07) is 14.6. The lowest BCUT2D eigenvalue weighted by Crippen LogP contribution is -2.45. The number of ether oxygens (including phenoxy) is 2. The molecule has 0 amide bonds. The molecule has 1 N–H and O–H groups in total. The fourth-order valence-electron chi connectivity index (χ4n) is 5.24. The van der Waals surface area contributed by atoms with E-state index in [1.165, 1.54) is 5.56 Å². The highest BCUT2D eigenvalue weighted by Crippen LogP contribution is 2.32. The summed E-state index contributed by atoms with van der Waals surface area (Å²) in [5.74, 6) is -1.72. The zero-order valence-electron chi connectivity index (χ0n) is 26.5. The number of hydrogen-bond acceptors (Lipinski definition) is 7. The third-order valence-electron chi connectivity index (χ3n) is 7.43. The van der Waals surface area contributed by atoms with E-state index < -0.39 is 17.7 Å². The van der Waals surface area contributed by atoms with Crippen LogP contribution in [0.5, 0.6) is 0 Å². The van der Waals surface area contributed by atoms with Crippen molar-refractivity contribution < 1.29 is 19.1 Å². The van der Waals surface area contributed by atoms with Gasteiger partial charge in [-0.3, -0.25) is 0 Å². The van der Waals surface area contributed by atoms with Crippen LogP contribution in [-0.4, -0.2) is 42.8 Å². The monoisotopic (exact) mass is 563 g/mol. The Balaban J connectivity index is 2.14. The van der Waals surface area contributed by atoms with E-state index in [0.29, 0.717) is 18.3 Å². The summed E-state index contributed by atoms with van der Waals surface area (Å²) >= 11 is 0. The molecule has 1 heterocycles.